The second-order valence-corrected chi connectivity index (χ2v) is 4.99. The summed E-state index contributed by atoms with van der Waals surface area (Å²) in [5.74, 6) is 1.80. The minimum Gasteiger partial charge on any atom is -0.314 e. The van der Waals surface area contributed by atoms with Gasteiger partial charge in [0.05, 0.1) is 7.05 Å². The van der Waals surface area contributed by atoms with Crippen LogP contribution in [0, 0.1) is 5.92 Å². The van der Waals surface area contributed by atoms with Crippen LogP contribution >= 0.6 is 0 Å². The third-order valence-corrected chi connectivity index (χ3v) is 3.31. The zero-order valence-corrected chi connectivity index (χ0v) is 10.9. The molecule has 0 radical (unpaired) electrons. The van der Waals surface area contributed by atoms with Crippen molar-refractivity contribution in [2.75, 3.05) is 6.54 Å². The van der Waals surface area contributed by atoms with E-state index in [1.165, 1.54) is 30.5 Å². The SMILES string of the molecule is CCCNC(CCCc1nnn(C)n1)C1CC1. The molecule has 1 aliphatic carbocycles. The standard InChI is InChI=1S/C12H23N5/c1-3-9-13-11(10-7-8-10)5-4-6-12-14-16-17(2)15-12/h10-11,13H,3-9H2,1-2H3. The van der Waals surface area contributed by atoms with E-state index in [1.807, 2.05) is 7.05 Å². The number of hydrogen-bond donors (Lipinski definition) is 1. The molecular weight excluding hydrogens is 214 g/mol. The predicted octanol–water partition coefficient (Wildman–Crippen LogP) is 1.31. The highest BCUT2D eigenvalue weighted by atomic mass is 15.6. The molecule has 0 bridgehead atoms. The molecule has 0 spiro atoms. The van der Waals surface area contributed by atoms with Crippen LogP contribution in [0.5, 0.6) is 0 Å². The molecule has 0 aromatic carbocycles. The lowest BCUT2D eigenvalue weighted by Crippen LogP contribution is -2.31. The fourth-order valence-electron chi connectivity index (χ4n) is 2.24. The van der Waals surface area contributed by atoms with E-state index >= 15 is 0 Å². The van der Waals surface area contributed by atoms with Crippen molar-refractivity contribution in [2.45, 2.75) is 51.5 Å². The van der Waals surface area contributed by atoms with Gasteiger partial charge in [0, 0.05) is 12.5 Å². The lowest BCUT2D eigenvalue weighted by atomic mass is 10.0. The Morgan fingerprint density at radius 2 is 2.29 bits per heavy atom. The molecule has 1 atom stereocenters. The molecule has 1 saturated carbocycles. The fraction of sp³-hybridized carbons (Fsp3) is 0.917. The van der Waals surface area contributed by atoms with Crippen LogP contribution in [0.2, 0.25) is 0 Å². The number of tetrazole rings is 1. The average molecular weight is 237 g/mol. The van der Waals surface area contributed by atoms with Crippen molar-refractivity contribution in [3.8, 4) is 0 Å². The Kier molecular flexibility index (Phi) is 4.48. The smallest absolute Gasteiger partial charge is 0.174 e. The number of aromatic nitrogens is 4. The molecule has 1 fully saturated rings. The molecule has 17 heavy (non-hydrogen) atoms. The van der Waals surface area contributed by atoms with Gasteiger partial charge in [0.15, 0.2) is 5.82 Å². The molecule has 5 heteroatoms. The summed E-state index contributed by atoms with van der Waals surface area (Å²) in [6.07, 6.45) is 7.38. The Labute approximate surface area is 103 Å². The zero-order chi connectivity index (χ0) is 12.1. The molecule has 0 saturated heterocycles. The van der Waals surface area contributed by atoms with Crippen LogP contribution in [0.15, 0.2) is 0 Å². The van der Waals surface area contributed by atoms with Crippen molar-refractivity contribution in [1.29, 1.82) is 0 Å². The zero-order valence-electron chi connectivity index (χ0n) is 10.9. The first-order valence-corrected chi connectivity index (χ1v) is 6.76. The maximum absolute atomic E-state index is 4.20. The molecule has 1 aromatic heterocycles. The summed E-state index contributed by atoms with van der Waals surface area (Å²) in [4.78, 5) is 1.53. The van der Waals surface area contributed by atoms with Crippen LogP contribution in [-0.4, -0.2) is 32.8 Å². The van der Waals surface area contributed by atoms with Gasteiger partial charge in [-0.05, 0) is 49.8 Å². The topological polar surface area (TPSA) is 55.6 Å². The first-order chi connectivity index (χ1) is 8.29. The average Bonchev–Trinajstić information content (AvgIpc) is 3.08. The van der Waals surface area contributed by atoms with Crippen molar-refractivity contribution in [2.24, 2.45) is 13.0 Å². The highest BCUT2D eigenvalue weighted by molar-refractivity contribution is 4.87. The van der Waals surface area contributed by atoms with Gasteiger partial charge in [-0.1, -0.05) is 6.92 Å². The molecule has 1 unspecified atom stereocenters. The van der Waals surface area contributed by atoms with E-state index in [4.69, 9.17) is 0 Å². The molecule has 1 heterocycles. The number of hydrogen-bond acceptors (Lipinski definition) is 4. The van der Waals surface area contributed by atoms with Crippen molar-refractivity contribution in [3.05, 3.63) is 5.82 Å². The lowest BCUT2D eigenvalue weighted by molar-refractivity contribution is 0.423. The molecule has 5 nitrogen and oxygen atoms in total. The van der Waals surface area contributed by atoms with Crippen LogP contribution < -0.4 is 5.32 Å². The van der Waals surface area contributed by atoms with Gasteiger partial charge < -0.3 is 5.32 Å². The highest BCUT2D eigenvalue weighted by Gasteiger charge is 2.30. The monoisotopic (exact) mass is 237 g/mol. The fourth-order valence-corrected chi connectivity index (χ4v) is 2.24. The van der Waals surface area contributed by atoms with E-state index in [2.05, 4.69) is 27.7 Å². The first-order valence-electron chi connectivity index (χ1n) is 6.76. The normalized spacial score (nSPS) is 17.3. The predicted molar refractivity (Wildman–Crippen MR) is 66.5 cm³/mol. The quantitative estimate of drug-likeness (QED) is 0.740. The van der Waals surface area contributed by atoms with Crippen LogP contribution in [0.1, 0.15) is 44.9 Å². The summed E-state index contributed by atoms with van der Waals surface area (Å²) in [5.41, 5.74) is 0. The maximum atomic E-state index is 4.20. The van der Waals surface area contributed by atoms with Crippen molar-refractivity contribution in [1.82, 2.24) is 25.5 Å². The second kappa shape index (κ2) is 6.10. The summed E-state index contributed by atoms with van der Waals surface area (Å²) in [6, 6.07) is 0.714. The van der Waals surface area contributed by atoms with Gasteiger partial charge in [-0.2, -0.15) is 4.80 Å². The van der Waals surface area contributed by atoms with Crippen molar-refractivity contribution in [3.63, 3.8) is 0 Å². The van der Waals surface area contributed by atoms with Crippen LogP contribution in [-0.2, 0) is 13.5 Å². The minimum atomic E-state index is 0.714. The maximum Gasteiger partial charge on any atom is 0.174 e. The van der Waals surface area contributed by atoms with Crippen LogP contribution in [0.3, 0.4) is 0 Å². The van der Waals surface area contributed by atoms with Gasteiger partial charge in [0.1, 0.15) is 0 Å². The van der Waals surface area contributed by atoms with E-state index in [-0.39, 0.29) is 0 Å². The Bertz CT molecular complexity index is 331. The number of nitrogens with one attached hydrogen (secondary N) is 1. The molecule has 96 valence electrons. The van der Waals surface area contributed by atoms with Gasteiger partial charge >= 0.3 is 0 Å². The summed E-state index contributed by atoms with van der Waals surface area (Å²) < 4.78 is 0. The summed E-state index contributed by atoms with van der Waals surface area (Å²) in [6.45, 7) is 3.37. The summed E-state index contributed by atoms with van der Waals surface area (Å²) >= 11 is 0. The Morgan fingerprint density at radius 1 is 1.47 bits per heavy atom. The van der Waals surface area contributed by atoms with Crippen LogP contribution in [0.4, 0.5) is 0 Å². The first kappa shape index (κ1) is 12.5. The van der Waals surface area contributed by atoms with E-state index in [1.54, 1.807) is 0 Å². The van der Waals surface area contributed by atoms with Gasteiger partial charge in [-0.3, -0.25) is 0 Å². The van der Waals surface area contributed by atoms with Gasteiger partial charge in [-0.15, -0.1) is 10.2 Å². The highest BCUT2D eigenvalue weighted by Crippen LogP contribution is 2.34. The van der Waals surface area contributed by atoms with Gasteiger partial charge in [0.2, 0.25) is 0 Å². The van der Waals surface area contributed by atoms with E-state index in [0.717, 1.165) is 31.1 Å². The molecule has 2 rings (SSSR count). The number of aryl methyl sites for hydroxylation is 2. The van der Waals surface area contributed by atoms with E-state index in [9.17, 15) is 0 Å². The van der Waals surface area contributed by atoms with Crippen molar-refractivity contribution < 1.29 is 0 Å². The molecule has 0 aliphatic heterocycles. The Balaban J connectivity index is 1.68. The molecule has 0 amide bonds. The largest absolute Gasteiger partial charge is 0.314 e. The van der Waals surface area contributed by atoms with E-state index in [0.29, 0.717) is 6.04 Å². The number of nitrogens with zero attached hydrogens (tertiary/aromatic N) is 4. The Morgan fingerprint density at radius 3 is 2.88 bits per heavy atom. The number of rotatable bonds is 8. The second-order valence-electron chi connectivity index (χ2n) is 4.99. The third-order valence-electron chi connectivity index (χ3n) is 3.31. The Hall–Kier alpha value is -0.970. The summed E-state index contributed by atoms with van der Waals surface area (Å²) in [7, 11) is 1.81. The molecule has 1 N–H and O–H groups in total. The van der Waals surface area contributed by atoms with Crippen LogP contribution in [0.25, 0.3) is 0 Å². The molecule has 1 aliphatic rings. The molecule has 1 aromatic rings. The van der Waals surface area contributed by atoms with Gasteiger partial charge in [-0.25, -0.2) is 0 Å². The van der Waals surface area contributed by atoms with Gasteiger partial charge in [0.25, 0.3) is 0 Å². The molecular formula is C12H23N5. The summed E-state index contributed by atoms with van der Waals surface area (Å²) in [5, 5.41) is 15.7. The van der Waals surface area contributed by atoms with Crippen molar-refractivity contribution >= 4 is 0 Å². The lowest BCUT2D eigenvalue weighted by Gasteiger charge is -2.17. The van der Waals surface area contributed by atoms with E-state index < -0.39 is 0 Å². The third kappa shape index (κ3) is 4.07. The minimum absolute atomic E-state index is 0.714.